The lowest BCUT2D eigenvalue weighted by atomic mass is 9.86. The number of esters is 1. The fourth-order valence-corrected chi connectivity index (χ4v) is 3.25. The molecule has 8 nitrogen and oxygen atoms in total. The number of carbonyl (C=O) groups is 3. The van der Waals surface area contributed by atoms with Crippen LogP contribution in [0.5, 0.6) is 0 Å². The van der Waals surface area contributed by atoms with Crippen LogP contribution in [-0.2, 0) is 19.1 Å². The Morgan fingerprint density at radius 2 is 1.93 bits per heavy atom. The second kappa shape index (κ2) is 11.4. The molecule has 162 valence electrons. The molecule has 0 aromatic carbocycles. The lowest BCUT2D eigenvalue weighted by Crippen LogP contribution is -2.53. The smallest absolute Gasteiger partial charge is 0.329 e. The van der Waals surface area contributed by atoms with Crippen molar-refractivity contribution < 1.29 is 24.3 Å². The standard InChI is InChI=1S/C20H37N3O5/c1-6-7-8-15(13-23(27)14-24)18(25)21-17(20(2,3)4)19(26)28-16-9-11-22(5)12-10-16/h14-17,27H,6-13H2,1-5H3,(H,21,25). The number of hydroxylamine groups is 2. The Morgan fingerprint density at radius 1 is 1.32 bits per heavy atom. The summed E-state index contributed by atoms with van der Waals surface area (Å²) < 4.78 is 5.70. The van der Waals surface area contributed by atoms with Gasteiger partial charge in [0.15, 0.2) is 0 Å². The molecule has 1 heterocycles. The van der Waals surface area contributed by atoms with E-state index in [1.807, 2.05) is 34.7 Å². The minimum absolute atomic E-state index is 0.101. The fourth-order valence-electron chi connectivity index (χ4n) is 3.25. The van der Waals surface area contributed by atoms with Gasteiger partial charge in [0.2, 0.25) is 12.3 Å². The van der Waals surface area contributed by atoms with Gasteiger partial charge in [0.25, 0.3) is 0 Å². The third kappa shape index (κ3) is 8.14. The van der Waals surface area contributed by atoms with Crippen molar-refractivity contribution in [2.75, 3.05) is 26.7 Å². The van der Waals surface area contributed by atoms with Gasteiger partial charge in [0.1, 0.15) is 12.1 Å². The highest BCUT2D eigenvalue weighted by Crippen LogP contribution is 2.23. The van der Waals surface area contributed by atoms with E-state index in [0.717, 1.165) is 38.8 Å². The predicted molar refractivity (Wildman–Crippen MR) is 106 cm³/mol. The molecule has 8 heteroatoms. The molecule has 0 bridgehead atoms. The molecule has 0 saturated carbocycles. The molecule has 1 fully saturated rings. The maximum absolute atomic E-state index is 12.8. The maximum atomic E-state index is 12.8. The summed E-state index contributed by atoms with van der Waals surface area (Å²) in [6.07, 6.45) is 3.90. The van der Waals surface area contributed by atoms with E-state index in [9.17, 15) is 19.6 Å². The van der Waals surface area contributed by atoms with Gasteiger partial charge in [-0.1, -0.05) is 40.5 Å². The number of piperidine rings is 1. The van der Waals surface area contributed by atoms with Crippen LogP contribution in [0.2, 0.25) is 0 Å². The molecule has 0 aromatic rings. The average molecular weight is 400 g/mol. The van der Waals surface area contributed by atoms with Crippen LogP contribution < -0.4 is 5.32 Å². The van der Waals surface area contributed by atoms with E-state index < -0.39 is 23.3 Å². The minimum atomic E-state index is -0.799. The molecule has 2 unspecified atom stereocenters. The molecule has 2 amide bonds. The van der Waals surface area contributed by atoms with Gasteiger partial charge in [-0.15, -0.1) is 0 Å². The SMILES string of the molecule is CCCCC(CN(O)C=O)C(=O)NC(C(=O)OC1CCN(C)CC1)C(C)(C)C. The third-order valence-electron chi connectivity index (χ3n) is 5.14. The number of hydrogen-bond donors (Lipinski definition) is 2. The summed E-state index contributed by atoms with van der Waals surface area (Å²) in [7, 11) is 2.04. The van der Waals surface area contributed by atoms with Gasteiger partial charge < -0.3 is 15.0 Å². The number of amides is 2. The number of nitrogens with one attached hydrogen (secondary N) is 1. The summed E-state index contributed by atoms with van der Waals surface area (Å²) in [5.41, 5.74) is -0.531. The lowest BCUT2D eigenvalue weighted by molar-refractivity contribution is -0.160. The van der Waals surface area contributed by atoms with Crippen molar-refractivity contribution >= 4 is 18.3 Å². The summed E-state index contributed by atoms with van der Waals surface area (Å²) in [5, 5.41) is 12.8. The molecule has 28 heavy (non-hydrogen) atoms. The first-order valence-electron chi connectivity index (χ1n) is 10.2. The molecule has 1 saturated heterocycles. The minimum Gasteiger partial charge on any atom is -0.461 e. The molecule has 0 aromatic heterocycles. The van der Waals surface area contributed by atoms with Crippen molar-refractivity contribution in [3.8, 4) is 0 Å². The van der Waals surface area contributed by atoms with Gasteiger partial charge in [-0.25, -0.2) is 9.86 Å². The van der Waals surface area contributed by atoms with Gasteiger partial charge in [-0.2, -0.15) is 0 Å². The Balaban J connectivity index is 2.80. The topological polar surface area (TPSA) is 99.2 Å². The zero-order valence-electron chi connectivity index (χ0n) is 17.9. The van der Waals surface area contributed by atoms with E-state index in [0.29, 0.717) is 11.5 Å². The monoisotopic (exact) mass is 399 g/mol. The normalized spacial score (nSPS) is 18.2. The summed E-state index contributed by atoms with van der Waals surface area (Å²) in [4.78, 5) is 38.6. The Kier molecular flexibility index (Phi) is 9.89. The molecular formula is C20H37N3O5. The maximum Gasteiger partial charge on any atom is 0.329 e. The second-order valence-corrected chi connectivity index (χ2v) is 8.81. The predicted octanol–water partition coefficient (Wildman–Crippen LogP) is 1.81. The van der Waals surface area contributed by atoms with E-state index in [2.05, 4.69) is 10.2 Å². The Labute approximate surface area is 168 Å². The average Bonchev–Trinajstić information content (AvgIpc) is 2.63. The summed E-state index contributed by atoms with van der Waals surface area (Å²) >= 11 is 0. The number of rotatable bonds is 10. The Morgan fingerprint density at radius 3 is 2.43 bits per heavy atom. The van der Waals surface area contributed by atoms with E-state index in [1.165, 1.54) is 0 Å². The number of unbranched alkanes of at least 4 members (excludes halogenated alkanes) is 1. The van der Waals surface area contributed by atoms with Crippen molar-refractivity contribution in [3.63, 3.8) is 0 Å². The third-order valence-corrected chi connectivity index (χ3v) is 5.14. The molecular weight excluding hydrogens is 362 g/mol. The molecule has 0 aliphatic carbocycles. The summed E-state index contributed by atoms with van der Waals surface area (Å²) in [6.45, 7) is 9.28. The zero-order valence-corrected chi connectivity index (χ0v) is 17.9. The van der Waals surface area contributed by atoms with Gasteiger partial charge in [-0.3, -0.25) is 14.8 Å². The van der Waals surface area contributed by atoms with Crippen molar-refractivity contribution in [1.29, 1.82) is 0 Å². The van der Waals surface area contributed by atoms with E-state index in [1.54, 1.807) is 0 Å². The lowest BCUT2D eigenvalue weighted by Gasteiger charge is -2.34. The van der Waals surface area contributed by atoms with Crippen LogP contribution in [0, 0.1) is 11.3 Å². The van der Waals surface area contributed by atoms with Crippen LogP contribution in [0.25, 0.3) is 0 Å². The highest BCUT2D eigenvalue weighted by Gasteiger charge is 2.37. The van der Waals surface area contributed by atoms with Crippen molar-refractivity contribution in [2.45, 2.75) is 71.9 Å². The molecule has 1 aliphatic rings. The van der Waals surface area contributed by atoms with Gasteiger partial charge >= 0.3 is 5.97 Å². The van der Waals surface area contributed by atoms with Gasteiger partial charge in [-0.05, 0) is 31.7 Å². The summed E-state index contributed by atoms with van der Waals surface area (Å²) in [6, 6.07) is -0.799. The zero-order chi connectivity index (χ0) is 21.3. The van der Waals surface area contributed by atoms with Crippen LogP contribution in [0.15, 0.2) is 0 Å². The highest BCUT2D eigenvalue weighted by molar-refractivity contribution is 5.86. The molecule has 1 rings (SSSR count). The van der Waals surface area contributed by atoms with Crippen LogP contribution in [0.3, 0.4) is 0 Å². The van der Waals surface area contributed by atoms with E-state index in [-0.39, 0.29) is 25.0 Å². The molecule has 0 spiro atoms. The van der Waals surface area contributed by atoms with Crippen molar-refractivity contribution in [2.24, 2.45) is 11.3 Å². The quantitative estimate of drug-likeness (QED) is 0.252. The first-order chi connectivity index (χ1) is 13.1. The van der Waals surface area contributed by atoms with Crippen LogP contribution in [0.4, 0.5) is 0 Å². The largest absolute Gasteiger partial charge is 0.461 e. The van der Waals surface area contributed by atoms with Crippen LogP contribution >= 0.6 is 0 Å². The molecule has 1 aliphatic heterocycles. The van der Waals surface area contributed by atoms with Crippen LogP contribution in [0.1, 0.15) is 59.8 Å². The number of nitrogens with zero attached hydrogens (tertiary/aromatic N) is 2. The number of carbonyl (C=O) groups excluding carboxylic acids is 3. The molecule has 2 atom stereocenters. The molecule has 0 radical (unpaired) electrons. The second-order valence-electron chi connectivity index (χ2n) is 8.81. The van der Waals surface area contributed by atoms with Gasteiger partial charge in [0, 0.05) is 13.1 Å². The van der Waals surface area contributed by atoms with Gasteiger partial charge in [0.05, 0.1) is 12.5 Å². The van der Waals surface area contributed by atoms with Crippen molar-refractivity contribution in [3.05, 3.63) is 0 Å². The highest BCUT2D eigenvalue weighted by atomic mass is 16.5. The first kappa shape index (κ1) is 24.4. The van der Waals surface area contributed by atoms with Crippen LogP contribution in [-0.4, -0.2) is 72.3 Å². The fraction of sp³-hybridized carbons (Fsp3) is 0.850. The Bertz CT molecular complexity index is 512. The number of hydrogen-bond acceptors (Lipinski definition) is 6. The number of ether oxygens (including phenoxy) is 1. The molecule has 2 N–H and O–H groups in total. The Hall–Kier alpha value is -1.67. The summed E-state index contributed by atoms with van der Waals surface area (Å²) in [5.74, 6) is -1.37. The number of likely N-dealkylation sites (tertiary alicyclic amines) is 1. The van der Waals surface area contributed by atoms with E-state index in [4.69, 9.17) is 4.74 Å². The first-order valence-corrected chi connectivity index (χ1v) is 10.2. The van der Waals surface area contributed by atoms with E-state index >= 15 is 0 Å². The van der Waals surface area contributed by atoms with Crippen molar-refractivity contribution in [1.82, 2.24) is 15.3 Å².